The molecule has 1 fully saturated rings. The Balaban J connectivity index is 2.11. The van der Waals surface area contributed by atoms with Crippen LogP contribution in [-0.2, 0) is 9.53 Å². The fourth-order valence-electron chi connectivity index (χ4n) is 2.53. The number of carboxylic acid groups (broad SMARTS) is 2. The number of rotatable bonds is 4. The van der Waals surface area contributed by atoms with Crippen LogP contribution in [0.2, 0.25) is 0 Å². The predicted octanol–water partition coefficient (Wildman–Crippen LogP) is 2.23. The number of amides is 1. The van der Waals surface area contributed by atoms with Gasteiger partial charge in [0.1, 0.15) is 23.5 Å². The third-order valence-corrected chi connectivity index (χ3v) is 3.56. The number of benzene rings is 1. The molecule has 0 radical (unpaired) electrons. The lowest BCUT2D eigenvalue weighted by Gasteiger charge is -2.26. The molecule has 1 aliphatic heterocycles. The van der Waals surface area contributed by atoms with Crippen LogP contribution in [0.5, 0.6) is 5.75 Å². The average Bonchev–Trinajstić information content (AvgIpc) is 2.90. The highest BCUT2D eigenvalue weighted by Crippen LogP contribution is 2.26. The molecule has 0 spiro atoms. The Morgan fingerprint density at radius 2 is 1.88 bits per heavy atom. The molecule has 1 aromatic rings. The number of nitrogens with zero attached hydrogens (tertiary/aromatic N) is 1. The summed E-state index contributed by atoms with van der Waals surface area (Å²) in [6.07, 6.45) is -1.20. The molecule has 0 bridgehead atoms. The van der Waals surface area contributed by atoms with E-state index in [0.29, 0.717) is 5.75 Å². The standard InChI is InChI=1S/C17H21NO7/c1-17(2,3)25-16(23)18-9-12(8-13(18)15(21)22)24-11-6-4-5-10(7-11)14(19)20/h4-7,12-13H,8-9H2,1-3H3,(H,19,20)(H,21,22)/t12-,13+/m1/s1. The minimum absolute atomic E-state index is 0.0448. The van der Waals surface area contributed by atoms with E-state index >= 15 is 0 Å². The highest BCUT2D eigenvalue weighted by Gasteiger charge is 2.42. The summed E-state index contributed by atoms with van der Waals surface area (Å²) in [6, 6.07) is 4.85. The zero-order chi connectivity index (χ0) is 18.8. The van der Waals surface area contributed by atoms with Gasteiger partial charge in [-0.15, -0.1) is 0 Å². The first-order valence-electron chi connectivity index (χ1n) is 7.79. The Labute approximate surface area is 144 Å². The SMILES string of the molecule is CC(C)(C)OC(=O)N1C[C@H](Oc2cccc(C(=O)O)c2)C[C@H]1C(=O)O. The molecular formula is C17H21NO7. The lowest BCUT2D eigenvalue weighted by Crippen LogP contribution is -2.43. The minimum atomic E-state index is -1.14. The predicted molar refractivity (Wildman–Crippen MR) is 86.8 cm³/mol. The second kappa shape index (κ2) is 7.00. The molecule has 1 aromatic carbocycles. The molecule has 0 saturated carbocycles. The monoisotopic (exact) mass is 351 g/mol. The number of likely N-dealkylation sites (tertiary alicyclic amines) is 1. The largest absolute Gasteiger partial charge is 0.488 e. The van der Waals surface area contributed by atoms with E-state index in [1.54, 1.807) is 26.8 Å². The van der Waals surface area contributed by atoms with Gasteiger partial charge in [-0.1, -0.05) is 6.07 Å². The van der Waals surface area contributed by atoms with E-state index in [-0.39, 0.29) is 18.5 Å². The number of aliphatic carboxylic acids is 1. The third-order valence-electron chi connectivity index (χ3n) is 3.56. The van der Waals surface area contributed by atoms with Gasteiger partial charge in [0, 0.05) is 6.42 Å². The van der Waals surface area contributed by atoms with E-state index in [0.717, 1.165) is 4.90 Å². The maximum Gasteiger partial charge on any atom is 0.411 e. The molecule has 1 heterocycles. The summed E-state index contributed by atoms with van der Waals surface area (Å²) >= 11 is 0. The van der Waals surface area contributed by atoms with Gasteiger partial charge in [0.05, 0.1) is 12.1 Å². The lowest BCUT2D eigenvalue weighted by atomic mass is 10.2. The fraction of sp³-hybridized carbons (Fsp3) is 0.471. The van der Waals surface area contributed by atoms with Crippen molar-refractivity contribution in [2.24, 2.45) is 0 Å². The van der Waals surface area contributed by atoms with Crippen LogP contribution < -0.4 is 4.74 Å². The van der Waals surface area contributed by atoms with Crippen molar-refractivity contribution < 1.29 is 34.1 Å². The van der Waals surface area contributed by atoms with Crippen LogP contribution in [0.1, 0.15) is 37.6 Å². The van der Waals surface area contributed by atoms with Gasteiger partial charge in [0.2, 0.25) is 0 Å². The Morgan fingerprint density at radius 1 is 1.20 bits per heavy atom. The smallest absolute Gasteiger partial charge is 0.411 e. The fourth-order valence-corrected chi connectivity index (χ4v) is 2.53. The number of carbonyl (C=O) groups is 3. The van der Waals surface area contributed by atoms with Gasteiger partial charge in [-0.05, 0) is 39.0 Å². The van der Waals surface area contributed by atoms with Gasteiger partial charge >= 0.3 is 18.0 Å². The maximum atomic E-state index is 12.2. The van der Waals surface area contributed by atoms with Gasteiger partial charge in [-0.25, -0.2) is 14.4 Å². The van der Waals surface area contributed by atoms with E-state index in [4.69, 9.17) is 14.6 Å². The van der Waals surface area contributed by atoms with Crippen LogP contribution >= 0.6 is 0 Å². The van der Waals surface area contributed by atoms with Crippen LogP contribution in [0.4, 0.5) is 4.79 Å². The normalized spacial score (nSPS) is 20.2. The van der Waals surface area contributed by atoms with Crippen molar-refractivity contribution in [3.63, 3.8) is 0 Å². The molecule has 2 N–H and O–H groups in total. The lowest BCUT2D eigenvalue weighted by molar-refractivity contribution is -0.142. The Hall–Kier alpha value is -2.77. The zero-order valence-electron chi connectivity index (χ0n) is 14.3. The molecular weight excluding hydrogens is 330 g/mol. The molecule has 8 nitrogen and oxygen atoms in total. The van der Waals surface area contributed by atoms with Crippen molar-refractivity contribution in [2.75, 3.05) is 6.54 Å². The summed E-state index contributed by atoms with van der Waals surface area (Å²) < 4.78 is 10.9. The average molecular weight is 351 g/mol. The number of carbonyl (C=O) groups excluding carboxylic acids is 1. The molecule has 1 amide bonds. The van der Waals surface area contributed by atoms with Crippen LogP contribution in [0.25, 0.3) is 0 Å². The summed E-state index contributed by atoms with van der Waals surface area (Å²) in [7, 11) is 0. The van der Waals surface area contributed by atoms with E-state index in [2.05, 4.69) is 0 Å². The van der Waals surface area contributed by atoms with Gasteiger partial charge in [0.15, 0.2) is 0 Å². The van der Waals surface area contributed by atoms with E-state index in [1.165, 1.54) is 18.2 Å². The second-order valence-electron chi connectivity index (χ2n) is 6.80. The molecule has 25 heavy (non-hydrogen) atoms. The molecule has 8 heteroatoms. The Bertz CT molecular complexity index is 680. The van der Waals surface area contributed by atoms with Crippen molar-refractivity contribution in [1.29, 1.82) is 0 Å². The molecule has 136 valence electrons. The van der Waals surface area contributed by atoms with Crippen molar-refractivity contribution >= 4 is 18.0 Å². The number of hydrogen-bond acceptors (Lipinski definition) is 5. The number of aromatic carboxylic acids is 1. The minimum Gasteiger partial charge on any atom is -0.488 e. The van der Waals surface area contributed by atoms with Crippen LogP contribution in [0.15, 0.2) is 24.3 Å². The summed E-state index contributed by atoms with van der Waals surface area (Å²) in [4.78, 5) is 35.8. The Morgan fingerprint density at radius 3 is 2.44 bits per heavy atom. The number of ether oxygens (including phenoxy) is 2. The molecule has 1 saturated heterocycles. The topological polar surface area (TPSA) is 113 Å². The molecule has 1 aliphatic rings. The van der Waals surface area contributed by atoms with Crippen LogP contribution in [0, 0.1) is 0 Å². The summed E-state index contributed by atoms with van der Waals surface area (Å²) in [5.74, 6) is -1.92. The van der Waals surface area contributed by atoms with Crippen molar-refractivity contribution in [3.05, 3.63) is 29.8 Å². The highest BCUT2D eigenvalue weighted by atomic mass is 16.6. The molecule has 2 atom stereocenters. The van der Waals surface area contributed by atoms with E-state index in [9.17, 15) is 19.5 Å². The molecule has 0 unspecified atom stereocenters. The van der Waals surface area contributed by atoms with E-state index in [1.807, 2.05) is 0 Å². The zero-order valence-corrected chi connectivity index (χ0v) is 14.3. The number of hydrogen-bond donors (Lipinski definition) is 2. The first-order chi connectivity index (χ1) is 11.6. The third kappa shape index (κ3) is 4.85. The second-order valence-corrected chi connectivity index (χ2v) is 6.80. The molecule has 2 rings (SSSR count). The summed E-state index contributed by atoms with van der Waals surface area (Å²) in [5.41, 5.74) is -0.677. The summed E-state index contributed by atoms with van der Waals surface area (Å²) in [5, 5.41) is 18.4. The van der Waals surface area contributed by atoms with Crippen molar-refractivity contribution in [2.45, 2.75) is 44.9 Å². The molecule has 0 aliphatic carbocycles. The first kappa shape index (κ1) is 18.6. The van der Waals surface area contributed by atoms with E-state index < -0.39 is 35.8 Å². The number of carboxylic acids is 2. The maximum absolute atomic E-state index is 12.2. The van der Waals surface area contributed by atoms with Gasteiger partial charge in [-0.3, -0.25) is 4.90 Å². The highest BCUT2D eigenvalue weighted by molar-refractivity contribution is 5.88. The van der Waals surface area contributed by atoms with Gasteiger partial charge in [-0.2, -0.15) is 0 Å². The Kier molecular flexibility index (Phi) is 5.20. The van der Waals surface area contributed by atoms with Gasteiger partial charge in [0.25, 0.3) is 0 Å². The van der Waals surface area contributed by atoms with Crippen molar-refractivity contribution in [1.82, 2.24) is 4.90 Å². The molecule has 0 aromatic heterocycles. The van der Waals surface area contributed by atoms with Gasteiger partial charge < -0.3 is 19.7 Å². The van der Waals surface area contributed by atoms with Crippen molar-refractivity contribution in [3.8, 4) is 5.75 Å². The van der Waals surface area contributed by atoms with Crippen LogP contribution in [0.3, 0.4) is 0 Å². The summed E-state index contributed by atoms with van der Waals surface area (Å²) in [6.45, 7) is 5.13. The first-order valence-corrected chi connectivity index (χ1v) is 7.79. The van der Waals surface area contributed by atoms with Crippen LogP contribution in [-0.4, -0.2) is 57.4 Å². The quantitative estimate of drug-likeness (QED) is 0.855.